The Labute approximate surface area is 193 Å². The number of hydrogen-bond acceptors (Lipinski definition) is 6. The van der Waals surface area contributed by atoms with Crippen molar-refractivity contribution in [3.63, 3.8) is 0 Å². The highest BCUT2D eigenvalue weighted by molar-refractivity contribution is 6.30. The van der Waals surface area contributed by atoms with Gasteiger partial charge < -0.3 is 19.7 Å². The van der Waals surface area contributed by atoms with E-state index < -0.39 is 29.9 Å². The Kier molecular flexibility index (Phi) is 7.35. The monoisotopic (exact) mass is 484 g/mol. The van der Waals surface area contributed by atoms with E-state index in [1.807, 2.05) is 0 Å². The Morgan fingerprint density at radius 2 is 1.73 bits per heavy atom. The standard InChI is InChI=1S/C22H22ClF3N3O4/c1-27(2)12-17-15(11-28(31)33-4)19-16(9-10-18(32-3)20(19)22(24,25)26)29(17)21(30)13-5-7-14(23)8-6-13/h5-10H,11-12H2,1-4H3/q-1. The number of hydrogen-bond donors (Lipinski definition) is 0. The molecule has 0 N–H and O–H groups in total. The van der Waals surface area contributed by atoms with Crippen LogP contribution in [0.25, 0.3) is 10.9 Å². The van der Waals surface area contributed by atoms with Gasteiger partial charge in [-0.25, -0.2) is 0 Å². The number of hydroxylamine groups is 2. The second kappa shape index (κ2) is 9.70. The zero-order valence-corrected chi connectivity index (χ0v) is 19.1. The third-order valence-corrected chi connectivity index (χ3v) is 5.31. The van der Waals surface area contributed by atoms with Crippen LogP contribution in [0.3, 0.4) is 0 Å². The van der Waals surface area contributed by atoms with E-state index in [1.165, 1.54) is 34.9 Å². The molecule has 1 aromatic heterocycles. The van der Waals surface area contributed by atoms with Crippen molar-refractivity contribution in [1.29, 1.82) is 0 Å². The van der Waals surface area contributed by atoms with Crippen LogP contribution >= 0.6 is 11.6 Å². The van der Waals surface area contributed by atoms with Gasteiger partial charge in [-0.05, 0) is 56.1 Å². The first-order valence-corrected chi connectivity index (χ1v) is 10.1. The van der Waals surface area contributed by atoms with Gasteiger partial charge in [0.05, 0.1) is 19.7 Å². The van der Waals surface area contributed by atoms with Crippen molar-refractivity contribution in [1.82, 2.24) is 14.7 Å². The van der Waals surface area contributed by atoms with Gasteiger partial charge in [-0.3, -0.25) is 14.6 Å². The Morgan fingerprint density at radius 1 is 1.09 bits per heavy atom. The molecule has 0 radical (unpaired) electrons. The number of methoxy groups -OCH3 is 1. The lowest BCUT2D eigenvalue weighted by atomic mass is 10.0. The van der Waals surface area contributed by atoms with Crippen LogP contribution in [0.5, 0.6) is 5.75 Å². The number of aromatic nitrogens is 1. The molecule has 0 aliphatic heterocycles. The molecule has 0 atom stereocenters. The van der Waals surface area contributed by atoms with E-state index in [2.05, 4.69) is 4.84 Å². The molecule has 0 fully saturated rings. The number of alkyl halides is 3. The minimum Gasteiger partial charge on any atom is -0.762 e. The van der Waals surface area contributed by atoms with Crippen LogP contribution < -0.4 is 4.74 Å². The zero-order chi connectivity index (χ0) is 24.5. The van der Waals surface area contributed by atoms with E-state index in [0.29, 0.717) is 5.02 Å². The van der Waals surface area contributed by atoms with Crippen LogP contribution in [0.1, 0.15) is 27.2 Å². The van der Waals surface area contributed by atoms with Crippen LogP contribution in [-0.2, 0) is 24.1 Å². The molecule has 33 heavy (non-hydrogen) atoms. The molecule has 0 aliphatic rings. The van der Waals surface area contributed by atoms with Crippen molar-refractivity contribution >= 4 is 28.4 Å². The number of fused-ring (bicyclic) bond motifs is 1. The number of rotatable bonds is 7. The molecule has 0 unspecified atom stereocenters. The molecule has 3 rings (SSSR count). The van der Waals surface area contributed by atoms with Crippen LogP contribution in [0, 0.1) is 5.21 Å². The number of halogens is 4. The largest absolute Gasteiger partial charge is 0.762 e. The number of nitrogens with zero attached hydrogens (tertiary/aromatic N) is 3. The van der Waals surface area contributed by atoms with E-state index in [9.17, 15) is 23.2 Å². The second-order valence-electron chi connectivity index (χ2n) is 7.52. The van der Waals surface area contributed by atoms with E-state index in [4.69, 9.17) is 16.3 Å². The van der Waals surface area contributed by atoms with Gasteiger partial charge >= 0.3 is 6.18 Å². The summed E-state index contributed by atoms with van der Waals surface area (Å²) < 4.78 is 48.8. The van der Waals surface area contributed by atoms with Crippen LogP contribution in [0.15, 0.2) is 36.4 Å². The first kappa shape index (κ1) is 25.0. The van der Waals surface area contributed by atoms with Crippen molar-refractivity contribution < 1.29 is 27.5 Å². The van der Waals surface area contributed by atoms with Crippen molar-refractivity contribution in [2.45, 2.75) is 19.3 Å². The Hall–Kier alpha value is -2.63. The van der Waals surface area contributed by atoms with Crippen LogP contribution in [0.4, 0.5) is 13.2 Å². The van der Waals surface area contributed by atoms with Crippen molar-refractivity contribution in [2.24, 2.45) is 0 Å². The maximum Gasteiger partial charge on any atom is 0.420 e. The summed E-state index contributed by atoms with van der Waals surface area (Å²) in [6, 6.07) is 8.54. The summed E-state index contributed by atoms with van der Waals surface area (Å²) in [6.45, 7) is -0.451. The summed E-state index contributed by atoms with van der Waals surface area (Å²) in [5, 5.41) is 12.4. The van der Waals surface area contributed by atoms with Gasteiger partial charge in [0.25, 0.3) is 5.91 Å². The van der Waals surface area contributed by atoms with E-state index in [1.54, 1.807) is 19.0 Å². The molecular formula is C22H22ClF3N3O4-. The van der Waals surface area contributed by atoms with Gasteiger partial charge in [-0.15, -0.1) is 0 Å². The number of benzene rings is 2. The third kappa shape index (κ3) is 4.99. The van der Waals surface area contributed by atoms with Crippen LogP contribution in [-0.4, -0.2) is 48.9 Å². The summed E-state index contributed by atoms with van der Waals surface area (Å²) in [4.78, 5) is 19.9. The third-order valence-electron chi connectivity index (χ3n) is 5.06. The lowest BCUT2D eigenvalue weighted by Gasteiger charge is -2.26. The quantitative estimate of drug-likeness (QED) is 0.443. The smallest absolute Gasteiger partial charge is 0.420 e. The molecule has 0 aliphatic carbocycles. The van der Waals surface area contributed by atoms with Gasteiger partial charge in [0.15, 0.2) is 0 Å². The fourth-order valence-corrected chi connectivity index (χ4v) is 3.85. The van der Waals surface area contributed by atoms with Gasteiger partial charge in [0.1, 0.15) is 11.3 Å². The van der Waals surface area contributed by atoms with Gasteiger partial charge in [0, 0.05) is 34.8 Å². The van der Waals surface area contributed by atoms with Crippen LogP contribution in [0.2, 0.25) is 5.02 Å². The number of ether oxygens (including phenoxy) is 1. The Morgan fingerprint density at radius 3 is 2.24 bits per heavy atom. The summed E-state index contributed by atoms with van der Waals surface area (Å²) in [6.07, 6.45) is -4.81. The molecule has 7 nitrogen and oxygen atoms in total. The van der Waals surface area contributed by atoms with Crippen molar-refractivity contribution in [2.75, 3.05) is 28.3 Å². The topological polar surface area (TPSA) is 70.0 Å². The van der Waals surface area contributed by atoms with Gasteiger partial charge in [0.2, 0.25) is 0 Å². The predicted octanol–water partition coefficient (Wildman–Crippen LogP) is 4.93. The zero-order valence-electron chi connectivity index (χ0n) is 18.4. The number of carbonyl (C=O) groups excluding carboxylic acids is 1. The molecule has 0 spiro atoms. The molecule has 0 amide bonds. The highest BCUT2D eigenvalue weighted by atomic mass is 35.5. The van der Waals surface area contributed by atoms with E-state index in [0.717, 1.165) is 20.3 Å². The molecule has 178 valence electrons. The Bertz CT molecular complexity index is 1160. The second-order valence-corrected chi connectivity index (χ2v) is 7.96. The normalized spacial score (nSPS) is 12.2. The first-order valence-electron chi connectivity index (χ1n) is 9.73. The minimum atomic E-state index is -4.81. The fraction of sp³-hybridized carbons (Fsp3) is 0.318. The van der Waals surface area contributed by atoms with E-state index in [-0.39, 0.29) is 39.5 Å². The summed E-state index contributed by atoms with van der Waals surface area (Å²) in [5.41, 5.74) is -0.599. The maximum atomic E-state index is 14.2. The lowest BCUT2D eigenvalue weighted by molar-refractivity contribution is -0.137. The highest BCUT2D eigenvalue weighted by Crippen LogP contribution is 2.44. The summed E-state index contributed by atoms with van der Waals surface area (Å²) >= 11 is 5.92. The van der Waals surface area contributed by atoms with E-state index >= 15 is 0 Å². The average molecular weight is 485 g/mol. The molecule has 1 heterocycles. The summed E-state index contributed by atoms with van der Waals surface area (Å²) in [5.74, 6) is -0.980. The molecule has 0 bridgehead atoms. The predicted molar refractivity (Wildman–Crippen MR) is 118 cm³/mol. The molecule has 0 saturated carbocycles. The lowest BCUT2D eigenvalue weighted by Crippen LogP contribution is -2.22. The van der Waals surface area contributed by atoms with Crippen molar-refractivity contribution in [3.8, 4) is 5.75 Å². The molecule has 0 saturated heterocycles. The van der Waals surface area contributed by atoms with Gasteiger partial charge in [-0.2, -0.15) is 13.2 Å². The maximum absolute atomic E-state index is 14.2. The molecular weight excluding hydrogens is 463 g/mol. The minimum absolute atomic E-state index is 0.000530. The molecule has 3 aromatic rings. The molecule has 11 heteroatoms. The summed E-state index contributed by atoms with van der Waals surface area (Å²) in [7, 11) is 5.65. The number of carbonyl (C=O) groups is 1. The SMILES string of the molecule is COc1ccc2c(c(CN([O-])OC)c(CN(C)C)n2C(=O)c2ccc(Cl)cc2)c1C(F)(F)F. The fourth-order valence-electron chi connectivity index (χ4n) is 3.72. The average Bonchev–Trinajstić information content (AvgIpc) is 3.04. The van der Waals surface area contributed by atoms with Gasteiger partial charge in [-0.1, -0.05) is 11.6 Å². The first-order chi connectivity index (χ1) is 15.5. The molecule has 2 aromatic carbocycles. The van der Waals surface area contributed by atoms with Crippen molar-refractivity contribution in [3.05, 3.63) is 69.0 Å². The highest BCUT2D eigenvalue weighted by Gasteiger charge is 2.39. The Balaban J connectivity index is 2.46.